The van der Waals surface area contributed by atoms with Crippen molar-refractivity contribution in [2.24, 2.45) is 0 Å². The van der Waals surface area contributed by atoms with Gasteiger partial charge in [-0.1, -0.05) is 32.6 Å². The van der Waals surface area contributed by atoms with Crippen molar-refractivity contribution in [1.82, 2.24) is 9.55 Å². The second-order valence-corrected chi connectivity index (χ2v) is 4.04. The molecule has 0 aromatic carbocycles. The highest BCUT2D eigenvalue weighted by Crippen LogP contribution is 2.16. The molecule has 3 heteroatoms. The minimum atomic E-state index is 0.379. The van der Waals surface area contributed by atoms with Gasteiger partial charge in [-0.15, -0.1) is 0 Å². The molecular weight excluding hydrogens is 188 g/mol. The van der Waals surface area contributed by atoms with Crippen LogP contribution in [-0.4, -0.2) is 15.8 Å². The molecule has 0 spiro atoms. The highest BCUT2D eigenvalue weighted by atomic mass is 16.1. The zero-order valence-electron chi connectivity index (χ0n) is 9.65. The lowest BCUT2D eigenvalue weighted by Gasteiger charge is -2.14. The second-order valence-electron chi connectivity index (χ2n) is 4.04. The third kappa shape index (κ3) is 3.50. The van der Waals surface area contributed by atoms with Gasteiger partial charge in [0.25, 0.3) is 0 Å². The predicted molar refractivity (Wildman–Crippen MR) is 61.1 cm³/mol. The molecule has 1 aromatic rings. The molecular formula is C12H20N2O. The van der Waals surface area contributed by atoms with Gasteiger partial charge in [0.1, 0.15) is 5.69 Å². The molecule has 0 radical (unpaired) electrons. The Hall–Kier alpha value is -1.12. The molecule has 1 unspecified atom stereocenters. The van der Waals surface area contributed by atoms with Crippen molar-refractivity contribution in [3.8, 4) is 0 Å². The van der Waals surface area contributed by atoms with Gasteiger partial charge in [-0.25, -0.2) is 4.98 Å². The van der Waals surface area contributed by atoms with Gasteiger partial charge in [0.05, 0.1) is 12.5 Å². The van der Waals surface area contributed by atoms with Crippen LogP contribution in [0.2, 0.25) is 0 Å². The van der Waals surface area contributed by atoms with Gasteiger partial charge in [0.2, 0.25) is 0 Å². The van der Waals surface area contributed by atoms with Crippen molar-refractivity contribution in [3.05, 3.63) is 18.2 Å². The number of imidazole rings is 1. The zero-order chi connectivity index (χ0) is 11.1. The predicted octanol–water partition coefficient (Wildman–Crippen LogP) is 3.23. The van der Waals surface area contributed by atoms with Gasteiger partial charge in [-0.05, 0) is 13.3 Å². The lowest BCUT2D eigenvalue weighted by atomic mass is 10.1. The normalized spacial score (nSPS) is 12.7. The van der Waals surface area contributed by atoms with Crippen LogP contribution in [0.4, 0.5) is 0 Å². The first-order chi connectivity index (χ1) is 7.29. The van der Waals surface area contributed by atoms with E-state index in [4.69, 9.17) is 0 Å². The van der Waals surface area contributed by atoms with Gasteiger partial charge >= 0.3 is 0 Å². The van der Waals surface area contributed by atoms with E-state index in [1.54, 1.807) is 12.5 Å². The third-order valence-corrected chi connectivity index (χ3v) is 2.77. The maximum Gasteiger partial charge on any atom is 0.168 e. The fourth-order valence-electron chi connectivity index (χ4n) is 1.78. The van der Waals surface area contributed by atoms with E-state index in [0.717, 1.165) is 12.7 Å². The summed E-state index contributed by atoms with van der Waals surface area (Å²) in [6.45, 7) is 4.35. The standard InChI is InChI=1S/C12H20N2O/c1-3-4-5-6-7-11(2)14-10-13-8-12(14)9-15/h8-11H,3-7H2,1-2H3. The van der Waals surface area contributed by atoms with E-state index in [1.165, 1.54) is 25.7 Å². The first-order valence-electron chi connectivity index (χ1n) is 5.76. The smallest absolute Gasteiger partial charge is 0.168 e. The Morgan fingerprint density at radius 1 is 1.47 bits per heavy atom. The van der Waals surface area contributed by atoms with Crippen molar-refractivity contribution in [2.45, 2.75) is 52.0 Å². The quantitative estimate of drug-likeness (QED) is 0.509. The SMILES string of the molecule is CCCCCCC(C)n1cncc1C=O. The summed E-state index contributed by atoms with van der Waals surface area (Å²) in [5.41, 5.74) is 0.679. The van der Waals surface area contributed by atoms with E-state index in [-0.39, 0.29) is 0 Å². The van der Waals surface area contributed by atoms with Crippen LogP contribution >= 0.6 is 0 Å². The van der Waals surface area contributed by atoms with E-state index in [0.29, 0.717) is 11.7 Å². The number of nitrogens with zero attached hydrogens (tertiary/aromatic N) is 2. The minimum absolute atomic E-state index is 0.379. The minimum Gasteiger partial charge on any atom is -0.326 e. The second kappa shape index (κ2) is 6.38. The van der Waals surface area contributed by atoms with Gasteiger partial charge in [-0.3, -0.25) is 4.79 Å². The largest absolute Gasteiger partial charge is 0.326 e. The summed E-state index contributed by atoms with van der Waals surface area (Å²) in [5.74, 6) is 0. The molecule has 1 atom stereocenters. The fourth-order valence-corrected chi connectivity index (χ4v) is 1.78. The summed E-state index contributed by atoms with van der Waals surface area (Å²) in [5, 5.41) is 0. The highest BCUT2D eigenvalue weighted by Gasteiger charge is 2.07. The number of carbonyl (C=O) groups is 1. The van der Waals surface area contributed by atoms with Crippen LogP contribution < -0.4 is 0 Å². The number of unbranched alkanes of at least 4 members (excludes halogenated alkanes) is 3. The zero-order valence-corrected chi connectivity index (χ0v) is 9.65. The fraction of sp³-hybridized carbons (Fsp3) is 0.667. The molecule has 0 N–H and O–H groups in total. The summed E-state index contributed by atoms with van der Waals surface area (Å²) >= 11 is 0. The Kier molecular flexibility index (Phi) is 5.08. The van der Waals surface area contributed by atoms with Gasteiger partial charge in [-0.2, -0.15) is 0 Å². The first kappa shape index (κ1) is 12.0. The third-order valence-electron chi connectivity index (χ3n) is 2.77. The van der Waals surface area contributed by atoms with Crippen molar-refractivity contribution in [3.63, 3.8) is 0 Å². The van der Waals surface area contributed by atoms with Gasteiger partial charge < -0.3 is 4.57 Å². The summed E-state index contributed by atoms with van der Waals surface area (Å²) in [6, 6.07) is 0.379. The summed E-state index contributed by atoms with van der Waals surface area (Å²) in [7, 11) is 0. The Morgan fingerprint density at radius 3 is 2.93 bits per heavy atom. The molecule has 1 rings (SSSR count). The number of aromatic nitrogens is 2. The van der Waals surface area contributed by atoms with E-state index in [9.17, 15) is 4.79 Å². The van der Waals surface area contributed by atoms with Crippen molar-refractivity contribution in [2.75, 3.05) is 0 Å². The van der Waals surface area contributed by atoms with E-state index in [2.05, 4.69) is 18.8 Å². The Balaban J connectivity index is 2.39. The average molecular weight is 208 g/mol. The van der Waals surface area contributed by atoms with E-state index < -0.39 is 0 Å². The molecule has 0 aliphatic heterocycles. The molecule has 0 saturated heterocycles. The molecule has 0 aliphatic rings. The lowest BCUT2D eigenvalue weighted by Crippen LogP contribution is -2.07. The van der Waals surface area contributed by atoms with Crippen molar-refractivity contribution in [1.29, 1.82) is 0 Å². The molecule has 15 heavy (non-hydrogen) atoms. The van der Waals surface area contributed by atoms with E-state index >= 15 is 0 Å². The summed E-state index contributed by atoms with van der Waals surface area (Å²) < 4.78 is 1.96. The Labute approximate surface area is 91.5 Å². The maximum absolute atomic E-state index is 10.7. The number of hydrogen-bond acceptors (Lipinski definition) is 2. The molecule has 1 heterocycles. The lowest BCUT2D eigenvalue weighted by molar-refractivity contribution is 0.111. The molecule has 1 aromatic heterocycles. The Bertz CT molecular complexity index is 294. The van der Waals surface area contributed by atoms with Crippen LogP contribution in [0, 0.1) is 0 Å². The summed E-state index contributed by atoms with van der Waals surface area (Å²) in [6.07, 6.45) is 10.4. The number of rotatable bonds is 7. The molecule has 0 saturated carbocycles. The van der Waals surface area contributed by atoms with Crippen LogP contribution in [0.15, 0.2) is 12.5 Å². The molecule has 0 bridgehead atoms. The maximum atomic E-state index is 10.7. The van der Waals surface area contributed by atoms with Crippen LogP contribution in [0.1, 0.15) is 62.5 Å². The molecule has 3 nitrogen and oxygen atoms in total. The van der Waals surface area contributed by atoms with Crippen molar-refractivity contribution < 1.29 is 4.79 Å². The van der Waals surface area contributed by atoms with Crippen LogP contribution in [0.5, 0.6) is 0 Å². The number of carbonyl (C=O) groups excluding carboxylic acids is 1. The van der Waals surface area contributed by atoms with E-state index in [1.807, 2.05) is 4.57 Å². The number of aldehydes is 1. The van der Waals surface area contributed by atoms with Crippen LogP contribution in [-0.2, 0) is 0 Å². The van der Waals surface area contributed by atoms with Gasteiger partial charge in [0.15, 0.2) is 6.29 Å². The average Bonchev–Trinajstić information content (AvgIpc) is 2.72. The van der Waals surface area contributed by atoms with Crippen LogP contribution in [0.3, 0.4) is 0 Å². The first-order valence-corrected chi connectivity index (χ1v) is 5.76. The van der Waals surface area contributed by atoms with Crippen LogP contribution in [0.25, 0.3) is 0 Å². The monoisotopic (exact) mass is 208 g/mol. The molecule has 84 valence electrons. The molecule has 0 aliphatic carbocycles. The summed E-state index contributed by atoms with van der Waals surface area (Å²) in [4.78, 5) is 14.7. The molecule has 0 fully saturated rings. The topological polar surface area (TPSA) is 34.9 Å². The Morgan fingerprint density at radius 2 is 2.27 bits per heavy atom. The van der Waals surface area contributed by atoms with Crippen molar-refractivity contribution >= 4 is 6.29 Å². The number of hydrogen-bond donors (Lipinski definition) is 0. The van der Waals surface area contributed by atoms with Gasteiger partial charge in [0, 0.05) is 6.04 Å². The highest BCUT2D eigenvalue weighted by molar-refractivity contribution is 5.71. The molecule has 0 amide bonds.